The Morgan fingerprint density at radius 1 is 1.33 bits per heavy atom. The molecule has 0 N–H and O–H groups in total. The SMILES string of the molecule is CC(C)(C)C1CC(C=O)CCN1OC=O. The molecule has 1 fully saturated rings. The highest BCUT2D eigenvalue weighted by atomic mass is 16.7. The van der Waals surface area contributed by atoms with Crippen LogP contribution in [0.25, 0.3) is 0 Å². The molecule has 86 valence electrons. The van der Waals surface area contributed by atoms with Gasteiger partial charge in [-0.15, -0.1) is 5.06 Å². The molecule has 15 heavy (non-hydrogen) atoms. The summed E-state index contributed by atoms with van der Waals surface area (Å²) in [6.45, 7) is 7.37. The highest BCUT2D eigenvalue weighted by molar-refractivity contribution is 5.53. The summed E-state index contributed by atoms with van der Waals surface area (Å²) in [5.41, 5.74) is 0.00465. The van der Waals surface area contributed by atoms with E-state index in [4.69, 9.17) is 4.84 Å². The molecule has 1 saturated heterocycles. The second-order valence-electron chi connectivity index (χ2n) is 5.14. The average molecular weight is 213 g/mol. The van der Waals surface area contributed by atoms with Crippen molar-refractivity contribution >= 4 is 12.8 Å². The monoisotopic (exact) mass is 213 g/mol. The molecule has 0 aliphatic carbocycles. The van der Waals surface area contributed by atoms with Crippen LogP contribution in [0, 0.1) is 11.3 Å². The second-order valence-corrected chi connectivity index (χ2v) is 5.14. The van der Waals surface area contributed by atoms with Gasteiger partial charge < -0.3 is 9.63 Å². The van der Waals surface area contributed by atoms with Crippen molar-refractivity contribution in [3.63, 3.8) is 0 Å². The highest BCUT2D eigenvalue weighted by Crippen LogP contribution is 2.33. The summed E-state index contributed by atoms with van der Waals surface area (Å²) in [5, 5.41) is 1.70. The Balaban J connectivity index is 2.73. The van der Waals surface area contributed by atoms with E-state index in [9.17, 15) is 9.59 Å². The van der Waals surface area contributed by atoms with Gasteiger partial charge in [-0.3, -0.25) is 4.79 Å². The zero-order valence-electron chi connectivity index (χ0n) is 9.60. The van der Waals surface area contributed by atoms with Gasteiger partial charge in [0.15, 0.2) is 0 Å². The molecule has 0 radical (unpaired) electrons. The van der Waals surface area contributed by atoms with Crippen molar-refractivity contribution in [3.05, 3.63) is 0 Å². The second kappa shape index (κ2) is 4.75. The van der Waals surface area contributed by atoms with Crippen LogP contribution in [0.5, 0.6) is 0 Å². The largest absolute Gasteiger partial charge is 0.371 e. The number of hydrogen-bond acceptors (Lipinski definition) is 4. The summed E-state index contributed by atoms with van der Waals surface area (Å²) in [5.74, 6) is 0.0979. The molecule has 2 atom stereocenters. The van der Waals surface area contributed by atoms with E-state index in [0.29, 0.717) is 13.0 Å². The lowest BCUT2D eigenvalue weighted by molar-refractivity contribution is -0.208. The molecule has 0 aromatic carbocycles. The fourth-order valence-electron chi connectivity index (χ4n) is 2.06. The van der Waals surface area contributed by atoms with Crippen molar-refractivity contribution in [3.8, 4) is 0 Å². The molecule has 1 rings (SSSR count). The van der Waals surface area contributed by atoms with Gasteiger partial charge in [-0.25, -0.2) is 0 Å². The van der Waals surface area contributed by atoms with E-state index in [1.807, 2.05) is 0 Å². The van der Waals surface area contributed by atoms with Crippen LogP contribution in [-0.4, -0.2) is 30.4 Å². The van der Waals surface area contributed by atoms with Gasteiger partial charge >= 0.3 is 6.47 Å². The van der Waals surface area contributed by atoms with Crippen molar-refractivity contribution in [1.82, 2.24) is 5.06 Å². The Morgan fingerprint density at radius 3 is 2.47 bits per heavy atom. The molecular formula is C11H19NO3. The number of hydrogen-bond donors (Lipinski definition) is 0. The smallest absolute Gasteiger partial charge is 0.313 e. The van der Waals surface area contributed by atoms with Crippen LogP contribution in [0.1, 0.15) is 33.6 Å². The minimum atomic E-state index is 0.00465. The van der Waals surface area contributed by atoms with Crippen molar-refractivity contribution in [2.75, 3.05) is 6.54 Å². The van der Waals surface area contributed by atoms with Crippen molar-refractivity contribution in [2.24, 2.45) is 11.3 Å². The van der Waals surface area contributed by atoms with Gasteiger partial charge in [0.25, 0.3) is 0 Å². The van der Waals surface area contributed by atoms with E-state index in [0.717, 1.165) is 19.1 Å². The minimum absolute atomic E-state index is 0.00465. The van der Waals surface area contributed by atoms with Crippen molar-refractivity contribution < 1.29 is 14.4 Å². The first kappa shape index (κ1) is 12.2. The quantitative estimate of drug-likeness (QED) is 0.665. The van der Waals surface area contributed by atoms with E-state index in [2.05, 4.69) is 20.8 Å². The normalized spacial score (nSPS) is 28.5. The molecule has 0 aromatic heterocycles. The van der Waals surface area contributed by atoms with Gasteiger partial charge in [0.1, 0.15) is 6.29 Å². The molecule has 1 aliphatic heterocycles. The third-order valence-corrected chi connectivity index (χ3v) is 2.96. The molecule has 1 aliphatic rings. The molecule has 0 spiro atoms. The number of carbonyl (C=O) groups is 2. The van der Waals surface area contributed by atoms with Gasteiger partial charge in [0.2, 0.25) is 0 Å². The maximum absolute atomic E-state index is 10.8. The predicted molar refractivity (Wildman–Crippen MR) is 55.9 cm³/mol. The Labute approximate surface area is 90.5 Å². The van der Waals surface area contributed by atoms with Crippen LogP contribution in [0.3, 0.4) is 0 Å². The standard InChI is InChI=1S/C11H19NO3/c1-11(2,3)10-6-9(7-13)4-5-12(10)15-8-14/h7-10H,4-6H2,1-3H3. The van der Waals surface area contributed by atoms with Gasteiger partial charge in [-0.1, -0.05) is 20.8 Å². The van der Waals surface area contributed by atoms with Crippen LogP contribution in [-0.2, 0) is 14.4 Å². The Kier molecular flexibility index (Phi) is 3.85. The van der Waals surface area contributed by atoms with E-state index >= 15 is 0 Å². The minimum Gasteiger partial charge on any atom is -0.371 e. The van der Waals surface area contributed by atoms with E-state index < -0.39 is 0 Å². The van der Waals surface area contributed by atoms with Crippen molar-refractivity contribution in [1.29, 1.82) is 0 Å². The van der Waals surface area contributed by atoms with E-state index in [1.165, 1.54) is 0 Å². The molecule has 0 amide bonds. The summed E-state index contributed by atoms with van der Waals surface area (Å²) >= 11 is 0. The van der Waals surface area contributed by atoms with Crippen LogP contribution >= 0.6 is 0 Å². The molecule has 2 unspecified atom stereocenters. The highest BCUT2D eigenvalue weighted by Gasteiger charge is 2.37. The Bertz CT molecular complexity index is 234. The van der Waals surface area contributed by atoms with Crippen LogP contribution in [0.2, 0.25) is 0 Å². The number of nitrogens with zero attached hydrogens (tertiary/aromatic N) is 1. The molecule has 0 aromatic rings. The van der Waals surface area contributed by atoms with Gasteiger partial charge in [-0.05, 0) is 18.3 Å². The van der Waals surface area contributed by atoms with E-state index in [-0.39, 0.29) is 17.4 Å². The predicted octanol–water partition coefficient (Wildman–Crippen LogP) is 1.40. The zero-order valence-corrected chi connectivity index (χ0v) is 9.60. The van der Waals surface area contributed by atoms with Crippen molar-refractivity contribution in [2.45, 2.75) is 39.7 Å². The molecule has 0 bridgehead atoms. The Morgan fingerprint density at radius 2 is 2.00 bits per heavy atom. The fraction of sp³-hybridized carbons (Fsp3) is 0.818. The lowest BCUT2D eigenvalue weighted by atomic mass is 9.78. The van der Waals surface area contributed by atoms with E-state index in [1.54, 1.807) is 5.06 Å². The summed E-state index contributed by atoms with van der Waals surface area (Å²) in [6, 6.07) is 0.117. The summed E-state index contributed by atoms with van der Waals surface area (Å²) in [4.78, 5) is 26.1. The first-order chi connectivity index (χ1) is 6.99. The van der Waals surface area contributed by atoms with Gasteiger partial charge in [0.05, 0.1) is 6.04 Å². The molecule has 4 nitrogen and oxygen atoms in total. The van der Waals surface area contributed by atoms with Crippen LogP contribution < -0.4 is 0 Å². The maximum atomic E-state index is 10.8. The summed E-state index contributed by atoms with van der Waals surface area (Å²) < 4.78 is 0. The van der Waals surface area contributed by atoms with Crippen LogP contribution in [0.15, 0.2) is 0 Å². The lowest BCUT2D eigenvalue weighted by Crippen LogP contribution is -2.49. The first-order valence-corrected chi connectivity index (χ1v) is 5.31. The number of carbonyl (C=O) groups excluding carboxylic acids is 2. The molecule has 1 heterocycles. The third-order valence-electron chi connectivity index (χ3n) is 2.96. The molecule has 0 saturated carbocycles. The van der Waals surface area contributed by atoms with Gasteiger partial charge in [0, 0.05) is 12.5 Å². The third kappa shape index (κ3) is 3.02. The topological polar surface area (TPSA) is 46.6 Å². The zero-order chi connectivity index (χ0) is 11.5. The number of hydroxylamine groups is 2. The maximum Gasteiger partial charge on any atom is 0.313 e. The average Bonchev–Trinajstić information content (AvgIpc) is 2.17. The number of piperidine rings is 1. The first-order valence-electron chi connectivity index (χ1n) is 5.31. The molecule has 4 heteroatoms. The molecular weight excluding hydrogens is 194 g/mol. The fourth-order valence-corrected chi connectivity index (χ4v) is 2.06. The summed E-state index contributed by atoms with van der Waals surface area (Å²) in [7, 11) is 0. The number of rotatable bonds is 3. The summed E-state index contributed by atoms with van der Waals surface area (Å²) in [6.07, 6.45) is 2.54. The Hall–Kier alpha value is -0.900. The number of aldehydes is 1. The lowest BCUT2D eigenvalue weighted by Gasteiger charge is -2.42. The van der Waals surface area contributed by atoms with Gasteiger partial charge in [-0.2, -0.15) is 0 Å². The van der Waals surface area contributed by atoms with Crippen LogP contribution in [0.4, 0.5) is 0 Å².